The molecule has 2 rings (SSSR count). The number of halogens is 1. The Morgan fingerprint density at radius 1 is 1.37 bits per heavy atom. The summed E-state index contributed by atoms with van der Waals surface area (Å²) in [6.45, 7) is 0.499. The molecule has 0 bridgehead atoms. The van der Waals surface area contributed by atoms with Crippen LogP contribution in [-0.4, -0.2) is 33.9 Å². The molecule has 1 aliphatic rings. The number of ether oxygens (including phenoxy) is 2. The van der Waals surface area contributed by atoms with E-state index in [1.807, 2.05) is 0 Å². The molecule has 5 nitrogen and oxygen atoms in total. The van der Waals surface area contributed by atoms with Gasteiger partial charge in [-0.05, 0) is 17.7 Å². The van der Waals surface area contributed by atoms with Crippen molar-refractivity contribution in [1.82, 2.24) is 0 Å². The molecule has 104 valence electrons. The minimum Gasteiger partial charge on any atom is -0.486 e. The standard InChI is InChI=1S/C12H14FNO4S/c13-6-9(7-14)8-19(15,16)11-3-1-2-10-12(11)18-5-4-17-10/h1-3,6H,4-5,7-8,14H2/b9-6+. The SMILES string of the molecule is NC/C(=C\F)CS(=O)(=O)c1cccc2c1OCCO2. The summed E-state index contributed by atoms with van der Waals surface area (Å²) in [5.74, 6) is 0.0923. The van der Waals surface area contributed by atoms with Gasteiger partial charge in [-0.3, -0.25) is 0 Å². The van der Waals surface area contributed by atoms with Crippen molar-refractivity contribution in [2.24, 2.45) is 5.73 Å². The van der Waals surface area contributed by atoms with E-state index in [1.54, 1.807) is 12.1 Å². The third-order valence-corrected chi connectivity index (χ3v) is 4.40. The fraction of sp³-hybridized carbons (Fsp3) is 0.333. The molecular formula is C12H14FNO4S. The van der Waals surface area contributed by atoms with E-state index < -0.39 is 15.6 Å². The molecule has 0 saturated carbocycles. The Labute approximate surface area is 110 Å². The van der Waals surface area contributed by atoms with E-state index in [0.717, 1.165) is 0 Å². The first kappa shape index (κ1) is 13.8. The average Bonchev–Trinajstić information content (AvgIpc) is 2.44. The number of nitrogens with two attached hydrogens (primary N) is 1. The highest BCUT2D eigenvalue weighted by molar-refractivity contribution is 7.91. The maximum absolute atomic E-state index is 12.5. The highest BCUT2D eigenvalue weighted by Gasteiger charge is 2.25. The molecule has 0 aromatic heterocycles. The van der Waals surface area contributed by atoms with Crippen LogP contribution in [0.1, 0.15) is 0 Å². The minimum atomic E-state index is -3.72. The lowest BCUT2D eigenvalue weighted by Gasteiger charge is -2.20. The second-order valence-electron chi connectivity index (χ2n) is 4.01. The first-order chi connectivity index (χ1) is 9.08. The Hall–Kier alpha value is -1.60. The number of hydrogen-bond donors (Lipinski definition) is 1. The summed E-state index contributed by atoms with van der Waals surface area (Å²) in [6.07, 6.45) is 0.226. The molecule has 19 heavy (non-hydrogen) atoms. The molecule has 0 fully saturated rings. The van der Waals surface area contributed by atoms with E-state index in [-0.39, 0.29) is 35.7 Å². The van der Waals surface area contributed by atoms with E-state index in [9.17, 15) is 12.8 Å². The van der Waals surface area contributed by atoms with Crippen LogP contribution in [0.15, 0.2) is 35.0 Å². The molecular weight excluding hydrogens is 273 g/mol. The van der Waals surface area contributed by atoms with Gasteiger partial charge < -0.3 is 15.2 Å². The van der Waals surface area contributed by atoms with Crippen molar-refractivity contribution in [1.29, 1.82) is 0 Å². The quantitative estimate of drug-likeness (QED) is 0.895. The zero-order valence-electron chi connectivity index (χ0n) is 10.1. The third kappa shape index (κ3) is 2.87. The van der Waals surface area contributed by atoms with Crippen molar-refractivity contribution in [3.05, 3.63) is 30.1 Å². The Morgan fingerprint density at radius 3 is 2.79 bits per heavy atom. The molecule has 0 unspecified atom stereocenters. The first-order valence-electron chi connectivity index (χ1n) is 5.68. The largest absolute Gasteiger partial charge is 0.486 e. The molecule has 0 atom stereocenters. The molecule has 0 spiro atoms. The predicted molar refractivity (Wildman–Crippen MR) is 67.7 cm³/mol. The van der Waals surface area contributed by atoms with Crippen LogP contribution in [0.4, 0.5) is 4.39 Å². The Bertz CT molecular complexity index is 598. The predicted octanol–water partition coefficient (Wildman–Crippen LogP) is 1.04. The summed E-state index contributed by atoms with van der Waals surface area (Å²) in [4.78, 5) is -0.00231. The van der Waals surface area contributed by atoms with Crippen molar-refractivity contribution in [3.63, 3.8) is 0 Å². The number of hydrogen-bond acceptors (Lipinski definition) is 5. The normalized spacial score (nSPS) is 15.4. The van der Waals surface area contributed by atoms with Gasteiger partial charge in [0.25, 0.3) is 0 Å². The molecule has 0 amide bonds. The zero-order valence-corrected chi connectivity index (χ0v) is 11.0. The number of para-hydroxylation sites is 1. The van der Waals surface area contributed by atoms with Crippen LogP contribution < -0.4 is 15.2 Å². The monoisotopic (exact) mass is 287 g/mol. The highest BCUT2D eigenvalue weighted by atomic mass is 32.2. The van der Waals surface area contributed by atoms with Crippen LogP contribution in [0.2, 0.25) is 0 Å². The van der Waals surface area contributed by atoms with Gasteiger partial charge in [0.1, 0.15) is 18.1 Å². The topological polar surface area (TPSA) is 78.6 Å². The summed E-state index contributed by atoms with van der Waals surface area (Å²) in [5.41, 5.74) is 5.29. The minimum absolute atomic E-state index is 0.00231. The Morgan fingerprint density at radius 2 is 2.11 bits per heavy atom. The van der Waals surface area contributed by atoms with Crippen LogP contribution >= 0.6 is 0 Å². The van der Waals surface area contributed by atoms with Crippen molar-refractivity contribution in [3.8, 4) is 11.5 Å². The van der Waals surface area contributed by atoms with Gasteiger partial charge in [0.15, 0.2) is 21.3 Å². The summed E-state index contributed by atoms with van der Waals surface area (Å²) in [5, 5.41) is 0. The van der Waals surface area contributed by atoms with Gasteiger partial charge >= 0.3 is 0 Å². The Kier molecular flexibility index (Phi) is 4.06. The van der Waals surface area contributed by atoms with Crippen molar-refractivity contribution in [2.45, 2.75) is 4.90 Å². The second-order valence-corrected chi connectivity index (χ2v) is 5.97. The molecule has 1 heterocycles. The average molecular weight is 287 g/mol. The van der Waals surface area contributed by atoms with Crippen LogP contribution in [0.3, 0.4) is 0 Å². The van der Waals surface area contributed by atoms with Crippen LogP contribution in [0.25, 0.3) is 0 Å². The molecule has 0 radical (unpaired) electrons. The molecule has 0 saturated heterocycles. The van der Waals surface area contributed by atoms with Gasteiger partial charge in [0, 0.05) is 6.54 Å². The summed E-state index contributed by atoms with van der Waals surface area (Å²) < 4.78 is 47.6. The van der Waals surface area contributed by atoms with Crippen LogP contribution in [-0.2, 0) is 9.84 Å². The molecule has 1 aliphatic heterocycles. The number of rotatable bonds is 4. The van der Waals surface area contributed by atoms with Gasteiger partial charge in [0.05, 0.1) is 12.1 Å². The molecule has 2 N–H and O–H groups in total. The van der Waals surface area contributed by atoms with Gasteiger partial charge in [-0.2, -0.15) is 0 Å². The van der Waals surface area contributed by atoms with Gasteiger partial charge in [-0.1, -0.05) is 6.07 Å². The zero-order chi connectivity index (χ0) is 13.9. The lowest BCUT2D eigenvalue weighted by atomic mass is 10.3. The summed E-state index contributed by atoms with van der Waals surface area (Å²) in [7, 11) is -3.72. The number of sulfone groups is 1. The maximum Gasteiger partial charge on any atom is 0.186 e. The van der Waals surface area contributed by atoms with Gasteiger partial charge in [-0.15, -0.1) is 0 Å². The lowest BCUT2D eigenvalue weighted by Crippen LogP contribution is -2.20. The van der Waals surface area contributed by atoms with Crippen LogP contribution in [0.5, 0.6) is 11.5 Å². The third-order valence-electron chi connectivity index (χ3n) is 2.66. The maximum atomic E-state index is 12.5. The molecule has 1 aromatic carbocycles. The number of fused-ring (bicyclic) bond motifs is 1. The molecule has 0 aliphatic carbocycles. The van der Waals surface area contributed by atoms with E-state index in [0.29, 0.717) is 12.4 Å². The summed E-state index contributed by atoms with van der Waals surface area (Å²) in [6, 6.07) is 4.60. The van der Waals surface area contributed by atoms with E-state index in [4.69, 9.17) is 15.2 Å². The highest BCUT2D eigenvalue weighted by Crippen LogP contribution is 2.37. The van der Waals surface area contributed by atoms with E-state index in [2.05, 4.69) is 0 Å². The van der Waals surface area contributed by atoms with Crippen molar-refractivity contribution in [2.75, 3.05) is 25.5 Å². The Balaban J connectivity index is 2.41. The second kappa shape index (κ2) is 5.58. The van der Waals surface area contributed by atoms with Crippen molar-refractivity contribution >= 4 is 9.84 Å². The first-order valence-corrected chi connectivity index (χ1v) is 7.33. The lowest BCUT2D eigenvalue weighted by molar-refractivity contribution is 0.167. The fourth-order valence-corrected chi connectivity index (χ4v) is 3.30. The number of benzene rings is 1. The fourth-order valence-electron chi connectivity index (χ4n) is 1.75. The smallest absolute Gasteiger partial charge is 0.186 e. The van der Waals surface area contributed by atoms with E-state index in [1.165, 1.54) is 6.07 Å². The van der Waals surface area contributed by atoms with Gasteiger partial charge in [-0.25, -0.2) is 12.8 Å². The van der Waals surface area contributed by atoms with Gasteiger partial charge in [0.2, 0.25) is 0 Å². The van der Waals surface area contributed by atoms with Crippen molar-refractivity contribution < 1.29 is 22.3 Å². The van der Waals surface area contributed by atoms with Crippen LogP contribution in [0, 0.1) is 0 Å². The molecule has 1 aromatic rings. The summed E-state index contributed by atoms with van der Waals surface area (Å²) >= 11 is 0. The van der Waals surface area contributed by atoms with E-state index >= 15 is 0 Å². The molecule has 7 heteroatoms.